The van der Waals surface area contributed by atoms with Crippen LogP contribution in [0, 0.1) is 12.7 Å². The number of rotatable bonds is 8. The average Bonchev–Trinajstić information content (AvgIpc) is 2.94. The lowest BCUT2D eigenvalue weighted by atomic mass is 9.96. The van der Waals surface area contributed by atoms with E-state index < -0.39 is 15.7 Å². The zero-order valence-electron chi connectivity index (χ0n) is 21.6. The van der Waals surface area contributed by atoms with Crippen molar-refractivity contribution in [2.24, 2.45) is 0 Å². The van der Waals surface area contributed by atoms with Gasteiger partial charge in [0.15, 0.2) is 9.84 Å². The molecular formula is C29H31FN4O3S. The maximum absolute atomic E-state index is 15.7. The largest absolute Gasteiger partial charge is 0.437 e. The monoisotopic (exact) mass is 534 g/mol. The first-order chi connectivity index (χ1) is 18.4. The molecule has 0 bridgehead atoms. The second-order valence-corrected chi connectivity index (χ2v) is 12.0. The van der Waals surface area contributed by atoms with E-state index in [1.54, 1.807) is 56.6 Å². The molecule has 9 heteroatoms. The minimum Gasteiger partial charge on any atom is -0.437 e. The topological polar surface area (TPSA) is 94.1 Å². The van der Waals surface area contributed by atoms with Gasteiger partial charge in [0.25, 0.3) is 0 Å². The Hall–Kier alpha value is -3.59. The summed E-state index contributed by atoms with van der Waals surface area (Å²) < 4.78 is 46.7. The Kier molecular flexibility index (Phi) is 7.56. The molecular weight excluding hydrogens is 503 g/mol. The number of aromatic nitrogens is 3. The molecule has 1 saturated carbocycles. The molecule has 198 valence electrons. The molecule has 1 fully saturated rings. The first kappa shape index (κ1) is 26.0. The number of ether oxygens (including phenoxy) is 1. The molecule has 0 spiro atoms. The number of hydrogen-bond acceptors (Lipinski definition) is 7. The molecule has 38 heavy (non-hydrogen) atoms. The fraction of sp³-hybridized carbons (Fsp3) is 0.345. The number of nitrogens with zero attached hydrogens (tertiary/aromatic N) is 3. The highest BCUT2D eigenvalue weighted by molar-refractivity contribution is 7.90. The molecule has 1 N–H and O–H groups in total. The Bertz CT molecular complexity index is 1570. The number of benzene rings is 2. The number of anilines is 1. The standard InChI is InChI=1S/C29H31FN4O3S/c1-3-38(35,36)18-24-21-12-7-8-13-22(21)27(19(2)26(24)30)37-28-23(14-9-16-31-28)25-15-17-32-29(34-25)33-20-10-5-4-6-11-20/h7-9,12-17,20H,3-6,10-11,18H2,1-2H3,(H,32,33,34). The molecule has 2 aromatic carbocycles. The summed E-state index contributed by atoms with van der Waals surface area (Å²) in [4.78, 5) is 13.6. The molecule has 2 heterocycles. The van der Waals surface area contributed by atoms with Crippen molar-refractivity contribution in [1.29, 1.82) is 0 Å². The minimum absolute atomic E-state index is 0.0636. The van der Waals surface area contributed by atoms with Crippen LogP contribution < -0.4 is 10.1 Å². The van der Waals surface area contributed by atoms with Crippen LogP contribution in [-0.4, -0.2) is 35.2 Å². The Morgan fingerprint density at radius 2 is 1.76 bits per heavy atom. The van der Waals surface area contributed by atoms with E-state index in [9.17, 15) is 8.42 Å². The SMILES string of the molecule is CCS(=O)(=O)Cc1c(F)c(C)c(Oc2ncccc2-c2ccnc(NC3CCCCC3)n2)c2ccccc12. The predicted molar refractivity (Wildman–Crippen MR) is 148 cm³/mol. The lowest BCUT2D eigenvalue weighted by Crippen LogP contribution is -2.23. The fourth-order valence-electron chi connectivity index (χ4n) is 4.96. The molecule has 0 amide bonds. The molecule has 0 atom stereocenters. The van der Waals surface area contributed by atoms with Crippen molar-refractivity contribution in [1.82, 2.24) is 15.0 Å². The summed E-state index contributed by atoms with van der Waals surface area (Å²) in [6.45, 7) is 3.16. The van der Waals surface area contributed by atoms with Crippen LogP contribution in [0.15, 0.2) is 54.9 Å². The fourth-order valence-corrected chi connectivity index (χ4v) is 5.88. The summed E-state index contributed by atoms with van der Waals surface area (Å²) in [7, 11) is -3.45. The first-order valence-corrected chi connectivity index (χ1v) is 14.8. The van der Waals surface area contributed by atoms with E-state index in [1.165, 1.54) is 19.3 Å². The number of halogens is 1. The summed E-state index contributed by atoms with van der Waals surface area (Å²) in [5.74, 6) is 0.101. The second-order valence-electron chi connectivity index (χ2n) is 9.67. The van der Waals surface area contributed by atoms with Gasteiger partial charge >= 0.3 is 0 Å². The average molecular weight is 535 g/mol. The lowest BCUT2D eigenvalue weighted by molar-refractivity contribution is 0.459. The summed E-state index contributed by atoms with van der Waals surface area (Å²) in [6.07, 6.45) is 9.17. The van der Waals surface area contributed by atoms with Gasteiger partial charge < -0.3 is 10.1 Å². The Labute approximate surface area is 222 Å². The quantitative estimate of drug-likeness (QED) is 0.272. The number of nitrogens with one attached hydrogen (secondary N) is 1. The molecule has 1 aliphatic carbocycles. The first-order valence-electron chi connectivity index (χ1n) is 13.0. The van der Waals surface area contributed by atoms with Gasteiger partial charge in [-0.15, -0.1) is 0 Å². The maximum Gasteiger partial charge on any atom is 0.228 e. The molecule has 7 nitrogen and oxygen atoms in total. The van der Waals surface area contributed by atoms with Crippen molar-refractivity contribution >= 4 is 26.6 Å². The Morgan fingerprint density at radius 1 is 1.00 bits per heavy atom. The zero-order valence-corrected chi connectivity index (χ0v) is 22.4. The van der Waals surface area contributed by atoms with E-state index in [-0.39, 0.29) is 28.5 Å². The van der Waals surface area contributed by atoms with Crippen molar-refractivity contribution in [3.63, 3.8) is 0 Å². The Morgan fingerprint density at radius 3 is 2.53 bits per heavy atom. The van der Waals surface area contributed by atoms with E-state index in [4.69, 9.17) is 9.72 Å². The van der Waals surface area contributed by atoms with Crippen molar-refractivity contribution in [3.8, 4) is 22.9 Å². The van der Waals surface area contributed by atoms with Crippen molar-refractivity contribution in [2.45, 2.75) is 57.7 Å². The molecule has 1 aliphatic rings. The van der Waals surface area contributed by atoms with Crippen LogP contribution in [-0.2, 0) is 15.6 Å². The van der Waals surface area contributed by atoms with Crippen LogP contribution in [0.4, 0.5) is 10.3 Å². The number of pyridine rings is 1. The smallest absolute Gasteiger partial charge is 0.228 e. The molecule has 0 radical (unpaired) electrons. The van der Waals surface area contributed by atoms with Crippen LogP contribution in [0.25, 0.3) is 22.0 Å². The van der Waals surface area contributed by atoms with Crippen molar-refractivity contribution in [2.75, 3.05) is 11.1 Å². The highest BCUT2D eigenvalue weighted by Gasteiger charge is 2.23. The number of sulfone groups is 1. The summed E-state index contributed by atoms with van der Waals surface area (Å²) in [6, 6.07) is 12.9. The number of fused-ring (bicyclic) bond motifs is 1. The highest BCUT2D eigenvalue weighted by Crippen LogP contribution is 2.40. The maximum atomic E-state index is 15.7. The molecule has 0 saturated heterocycles. The summed E-state index contributed by atoms with van der Waals surface area (Å²) in [5, 5.41) is 4.57. The van der Waals surface area contributed by atoms with Gasteiger partial charge in [0, 0.05) is 40.7 Å². The summed E-state index contributed by atoms with van der Waals surface area (Å²) >= 11 is 0. The van der Waals surface area contributed by atoms with E-state index in [0.717, 1.165) is 12.8 Å². The second kappa shape index (κ2) is 11.0. The molecule has 5 rings (SSSR count). The van der Waals surface area contributed by atoms with Crippen LogP contribution >= 0.6 is 0 Å². The molecule has 4 aromatic rings. The normalized spacial score (nSPS) is 14.5. The van der Waals surface area contributed by atoms with Crippen LogP contribution in [0.3, 0.4) is 0 Å². The Balaban J connectivity index is 1.54. The third-order valence-electron chi connectivity index (χ3n) is 7.08. The highest BCUT2D eigenvalue weighted by atomic mass is 32.2. The van der Waals surface area contributed by atoms with Crippen LogP contribution in [0.1, 0.15) is 50.2 Å². The molecule has 0 unspecified atom stereocenters. The minimum atomic E-state index is -3.45. The van der Waals surface area contributed by atoms with E-state index in [2.05, 4.69) is 15.3 Å². The van der Waals surface area contributed by atoms with Gasteiger partial charge in [0.1, 0.15) is 11.6 Å². The van der Waals surface area contributed by atoms with Gasteiger partial charge in [0.2, 0.25) is 11.8 Å². The van der Waals surface area contributed by atoms with Crippen molar-refractivity contribution < 1.29 is 17.5 Å². The zero-order chi connectivity index (χ0) is 26.7. The van der Waals surface area contributed by atoms with Gasteiger partial charge in [-0.25, -0.2) is 27.8 Å². The molecule has 2 aromatic heterocycles. The van der Waals surface area contributed by atoms with Gasteiger partial charge in [0.05, 0.1) is 17.0 Å². The number of hydrogen-bond donors (Lipinski definition) is 1. The van der Waals surface area contributed by atoms with Gasteiger partial charge in [-0.2, -0.15) is 0 Å². The van der Waals surface area contributed by atoms with Crippen molar-refractivity contribution in [3.05, 3.63) is 71.8 Å². The summed E-state index contributed by atoms with van der Waals surface area (Å²) in [5.41, 5.74) is 1.66. The van der Waals surface area contributed by atoms with E-state index >= 15 is 4.39 Å². The van der Waals surface area contributed by atoms with Crippen LogP contribution in [0.2, 0.25) is 0 Å². The third-order valence-corrected chi connectivity index (χ3v) is 8.68. The predicted octanol–water partition coefficient (Wildman–Crippen LogP) is 6.61. The van der Waals surface area contributed by atoms with Gasteiger partial charge in [-0.05, 0) is 43.4 Å². The molecule has 0 aliphatic heterocycles. The van der Waals surface area contributed by atoms with E-state index in [1.807, 2.05) is 12.1 Å². The van der Waals surface area contributed by atoms with Gasteiger partial charge in [-0.3, -0.25) is 0 Å². The van der Waals surface area contributed by atoms with Gasteiger partial charge in [-0.1, -0.05) is 50.5 Å². The third kappa shape index (κ3) is 5.48. The van der Waals surface area contributed by atoms with E-state index in [0.29, 0.717) is 39.8 Å². The van der Waals surface area contributed by atoms with Crippen LogP contribution in [0.5, 0.6) is 11.6 Å². The lowest BCUT2D eigenvalue weighted by Gasteiger charge is -2.22.